The number of ether oxygens (including phenoxy) is 3. The van der Waals surface area contributed by atoms with Crippen molar-refractivity contribution < 1.29 is 23.8 Å². The largest absolute Gasteiger partial charge is 0.493 e. The predicted molar refractivity (Wildman–Crippen MR) is 87.9 cm³/mol. The third-order valence-electron chi connectivity index (χ3n) is 2.50. The summed E-state index contributed by atoms with van der Waals surface area (Å²) in [5, 5.41) is 2.93. The van der Waals surface area contributed by atoms with Gasteiger partial charge in [0.05, 0.1) is 17.1 Å². The van der Waals surface area contributed by atoms with Crippen molar-refractivity contribution in [1.29, 1.82) is 0 Å². The second kappa shape index (κ2) is 8.49. The molecule has 0 fully saturated rings. The second-order valence-corrected chi connectivity index (χ2v) is 6.53. The molecule has 2 aromatic rings. The van der Waals surface area contributed by atoms with Gasteiger partial charge in [-0.05, 0) is 28.1 Å². The average Bonchev–Trinajstić information content (AvgIpc) is 2.96. The SMILES string of the molecule is COc1ccccc1OCC(=O)OCC(=O)Nc1ncc(Br)s1. The molecule has 0 saturated heterocycles. The molecule has 2 rings (SSSR count). The van der Waals surface area contributed by atoms with E-state index in [9.17, 15) is 9.59 Å². The van der Waals surface area contributed by atoms with E-state index in [2.05, 4.69) is 26.2 Å². The summed E-state index contributed by atoms with van der Waals surface area (Å²) in [6, 6.07) is 6.91. The van der Waals surface area contributed by atoms with E-state index >= 15 is 0 Å². The summed E-state index contributed by atoms with van der Waals surface area (Å²) in [5.74, 6) is -0.208. The van der Waals surface area contributed by atoms with Crippen LogP contribution in [0.2, 0.25) is 0 Å². The Morgan fingerprint density at radius 2 is 2.00 bits per heavy atom. The molecule has 0 saturated carbocycles. The van der Waals surface area contributed by atoms with Crippen molar-refractivity contribution in [2.75, 3.05) is 25.6 Å². The van der Waals surface area contributed by atoms with E-state index in [1.165, 1.54) is 18.4 Å². The smallest absolute Gasteiger partial charge is 0.344 e. The molecule has 9 heteroatoms. The quantitative estimate of drug-likeness (QED) is 0.718. The molecule has 1 N–H and O–H groups in total. The van der Waals surface area contributed by atoms with Crippen LogP contribution in [0.25, 0.3) is 0 Å². The van der Waals surface area contributed by atoms with Crippen LogP contribution in [0.3, 0.4) is 0 Å². The first-order valence-electron chi connectivity index (χ1n) is 6.41. The molecule has 0 aliphatic heterocycles. The molecule has 0 aliphatic carbocycles. The van der Waals surface area contributed by atoms with Crippen molar-refractivity contribution in [3.8, 4) is 11.5 Å². The molecule has 0 bridgehead atoms. The molecular formula is C14H13BrN2O5S. The van der Waals surface area contributed by atoms with Gasteiger partial charge < -0.3 is 14.2 Å². The third-order valence-corrected chi connectivity index (χ3v) is 3.89. The van der Waals surface area contributed by atoms with Gasteiger partial charge >= 0.3 is 5.97 Å². The number of benzene rings is 1. The highest BCUT2D eigenvalue weighted by atomic mass is 79.9. The Bertz CT molecular complexity index is 691. The predicted octanol–water partition coefficient (Wildman–Crippen LogP) is 2.47. The van der Waals surface area contributed by atoms with Gasteiger partial charge in [0.25, 0.3) is 5.91 Å². The van der Waals surface area contributed by atoms with Crippen LogP contribution in [0.1, 0.15) is 0 Å². The summed E-state index contributed by atoms with van der Waals surface area (Å²) < 4.78 is 16.0. The fourth-order valence-corrected chi connectivity index (χ4v) is 2.65. The van der Waals surface area contributed by atoms with Crippen molar-refractivity contribution in [2.45, 2.75) is 0 Å². The van der Waals surface area contributed by atoms with Gasteiger partial charge in [0.15, 0.2) is 29.8 Å². The van der Waals surface area contributed by atoms with Gasteiger partial charge in [-0.1, -0.05) is 23.5 Å². The number of carbonyl (C=O) groups excluding carboxylic acids is 2. The van der Waals surface area contributed by atoms with Crippen LogP contribution in [0.15, 0.2) is 34.2 Å². The normalized spacial score (nSPS) is 10.0. The molecule has 122 valence electrons. The van der Waals surface area contributed by atoms with Crippen LogP contribution >= 0.6 is 27.3 Å². The Hall–Kier alpha value is -2.13. The lowest BCUT2D eigenvalue weighted by Crippen LogP contribution is -2.23. The number of methoxy groups -OCH3 is 1. The standard InChI is InChI=1S/C14H13BrN2O5S/c1-20-9-4-2-3-5-10(9)21-8-13(19)22-7-12(18)17-14-16-6-11(15)23-14/h2-6H,7-8H2,1H3,(H,16,17,18). The highest BCUT2D eigenvalue weighted by molar-refractivity contribution is 9.11. The van der Waals surface area contributed by atoms with Gasteiger partial charge in [-0.3, -0.25) is 10.1 Å². The number of para-hydroxylation sites is 2. The minimum Gasteiger partial charge on any atom is -0.493 e. The number of carbonyl (C=O) groups is 2. The fourth-order valence-electron chi connectivity index (χ4n) is 1.53. The van der Waals surface area contributed by atoms with Crippen LogP contribution in [0.4, 0.5) is 5.13 Å². The van der Waals surface area contributed by atoms with E-state index in [1.807, 2.05) is 0 Å². The number of esters is 1. The zero-order valence-corrected chi connectivity index (χ0v) is 14.5. The molecule has 23 heavy (non-hydrogen) atoms. The lowest BCUT2D eigenvalue weighted by atomic mass is 10.3. The highest BCUT2D eigenvalue weighted by Crippen LogP contribution is 2.25. The summed E-state index contributed by atoms with van der Waals surface area (Å²) in [7, 11) is 1.50. The first-order chi connectivity index (χ1) is 11.1. The second-order valence-electron chi connectivity index (χ2n) is 4.12. The lowest BCUT2D eigenvalue weighted by Gasteiger charge is -2.09. The van der Waals surface area contributed by atoms with Gasteiger partial charge in [-0.25, -0.2) is 9.78 Å². The van der Waals surface area contributed by atoms with Crippen molar-refractivity contribution in [3.63, 3.8) is 0 Å². The van der Waals surface area contributed by atoms with E-state index in [-0.39, 0.29) is 6.61 Å². The number of rotatable bonds is 7. The Labute approximate surface area is 144 Å². The number of amides is 1. The number of hydrogen-bond donors (Lipinski definition) is 1. The Balaban J connectivity index is 1.73. The van der Waals surface area contributed by atoms with Crippen LogP contribution in [-0.4, -0.2) is 37.2 Å². The minimum absolute atomic E-state index is 0.323. The molecule has 0 unspecified atom stereocenters. The van der Waals surface area contributed by atoms with Gasteiger partial charge in [-0.2, -0.15) is 0 Å². The first kappa shape index (κ1) is 17.2. The molecular weight excluding hydrogens is 388 g/mol. The van der Waals surface area contributed by atoms with Crippen LogP contribution in [-0.2, 0) is 14.3 Å². The van der Waals surface area contributed by atoms with Crippen molar-refractivity contribution in [2.24, 2.45) is 0 Å². The summed E-state index contributed by atoms with van der Waals surface area (Å²) in [6.07, 6.45) is 1.56. The van der Waals surface area contributed by atoms with Gasteiger partial charge in [-0.15, -0.1) is 0 Å². The van der Waals surface area contributed by atoms with E-state index in [0.717, 1.165) is 3.79 Å². The molecule has 0 radical (unpaired) electrons. The molecule has 1 amide bonds. The Morgan fingerprint density at radius 3 is 2.65 bits per heavy atom. The van der Waals surface area contributed by atoms with E-state index < -0.39 is 18.5 Å². The van der Waals surface area contributed by atoms with E-state index in [0.29, 0.717) is 16.6 Å². The summed E-state index contributed by atoms with van der Waals surface area (Å²) in [5.41, 5.74) is 0. The molecule has 1 aromatic carbocycles. The average molecular weight is 401 g/mol. The molecule has 7 nitrogen and oxygen atoms in total. The molecule has 0 atom stereocenters. The van der Waals surface area contributed by atoms with Crippen molar-refractivity contribution in [1.82, 2.24) is 4.98 Å². The summed E-state index contributed by atoms with van der Waals surface area (Å²) in [4.78, 5) is 27.1. The number of aromatic nitrogens is 1. The van der Waals surface area contributed by atoms with Gasteiger partial charge in [0.1, 0.15) is 0 Å². The maximum atomic E-state index is 11.6. The third kappa shape index (κ3) is 5.53. The molecule has 1 aromatic heterocycles. The zero-order valence-electron chi connectivity index (χ0n) is 12.1. The van der Waals surface area contributed by atoms with Crippen LogP contribution in [0, 0.1) is 0 Å². The monoisotopic (exact) mass is 400 g/mol. The lowest BCUT2D eigenvalue weighted by molar-refractivity contribution is -0.149. The number of nitrogens with one attached hydrogen (secondary N) is 1. The Morgan fingerprint density at radius 1 is 1.26 bits per heavy atom. The van der Waals surface area contributed by atoms with Gasteiger partial charge in [0, 0.05) is 0 Å². The number of nitrogens with zero attached hydrogens (tertiary/aromatic N) is 1. The zero-order chi connectivity index (χ0) is 16.7. The van der Waals surface area contributed by atoms with Gasteiger partial charge in [0.2, 0.25) is 0 Å². The van der Waals surface area contributed by atoms with Crippen molar-refractivity contribution >= 4 is 44.3 Å². The molecule has 1 heterocycles. The maximum Gasteiger partial charge on any atom is 0.344 e. The summed E-state index contributed by atoms with van der Waals surface area (Å²) in [6.45, 7) is -0.734. The first-order valence-corrected chi connectivity index (χ1v) is 8.02. The van der Waals surface area contributed by atoms with Crippen LogP contribution in [0.5, 0.6) is 11.5 Å². The molecule has 0 spiro atoms. The number of anilines is 1. The fraction of sp³-hybridized carbons (Fsp3) is 0.214. The van der Waals surface area contributed by atoms with Crippen molar-refractivity contribution in [3.05, 3.63) is 34.2 Å². The maximum absolute atomic E-state index is 11.6. The minimum atomic E-state index is -0.661. The highest BCUT2D eigenvalue weighted by Gasteiger charge is 2.11. The summed E-state index contributed by atoms with van der Waals surface area (Å²) >= 11 is 4.49. The molecule has 0 aliphatic rings. The van der Waals surface area contributed by atoms with E-state index in [1.54, 1.807) is 30.5 Å². The van der Waals surface area contributed by atoms with Crippen LogP contribution < -0.4 is 14.8 Å². The Kier molecular flexibility index (Phi) is 6.36. The van der Waals surface area contributed by atoms with E-state index in [4.69, 9.17) is 14.2 Å². The number of thiazole rings is 1. The number of halogens is 1. The number of hydrogen-bond acceptors (Lipinski definition) is 7. The topological polar surface area (TPSA) is 86.8 Å².